The summed E-state index contributed by atoms with van der Waals surface area (Å²) in [6, 6.07) is 16.9. The molecule has 0 saturated heterocycles. The largest absolute Gasteiger partial charge is 0.462 e. The maximum atomic E-state index is 12.7. The molecule has 8 nitrogen and oxygen atoms in total. The summed E-state index contributed by atoms with van der Waals surface area (Å²) in [5.41, 5.74) is 0.968. The molecule has 156 valence electrons. The van der Waals surface area contributed by atoms with Gasteiger partial charge in [0.25, 0.3) is 0 Å². The molecule has 1 aromatic heterocycles. The molecule has 0 aliphatic carbocycles. The number of likely N-dealkylation sites (N-methyl/N-ethyl adjacent to an activating group) is 1. The van der Waals surface area contributed by atoms with Crippen molar-refractivity contribution in [2.24, 2.45) is 7.05 Å². The predicted octanol–water partition coefficient (Wildman–Crippen LogP) is 3.46. The Labute approximate surface area is 175 Å². The van der Waals surface area contributed by atoms with Crippen molar-refractivity contribution in [3.8, 4) is 11.5 Å². The SMILES string of the molecule is CCOC(=O)c1cnn(C)c1NC(=O)CN(C)c1ccccc1Oc1ccccc1. The summed E-state index contributed by atoms with van der Waals surface area (Å²) >= 11 is 0. The van der Waals surface area contributed by atoms with E-state index in [0.29, 0.717) is 17.3 Å². The number of hydrogen-bond acceptors (Lipinski definition) is 6. The van der Waals surface area contributed by atoms with Crippen LogP contribution in [0.5, 0.6) is 11.5 Å². The zero-order chi connectivity index (χ0) is 21.5. The molecule has 0 aliphatic heterocycles. The average Bonchev–Trinajstić information content (AvgIpc) is 3.09. The highest BCUT2D eigenvalue weighted by atomic mass is 16.5. The van der Waals surface area contributed by atoms with Crippen molar-refractivity contribution in [2.75, 3.05) is 30.4 Å². The minimum absolute atomic E-state index is 0.0443. The molecule has 3 aromatic rings. The van der Waals surface area contributed by atoms with Gasteiger partial charge in [-0.25, -0.2) is 4.79 Å². The number of amides is 1. The van der Waals surface area contributed by atoms with E-state index < -0.39 is 5.97 Å². The molecule has 0 aliphatic rings. The molecule has 0 unspecified atom stereocenters. The number of aromatic nitrogens is 2. The van der Waals surface area contributed by atoms with Crippen LogP contribution >= 0.6 is 0 Å². The molecule has 0 bridgehead atoms. The van der Waals surface area contributed by atoms with Gasteiger partial charge in [-0.3, -0.25) is 9.48 Å². The quantitative estimate of drug-likeness (QED) is 0.575. The van der Waals surface area contributed by atoms with Crippen molar-refractivity contribution in [3.63, 3.8) is 0 Å². The van der Waals surface area contributed by atoms with Crippen LogP contribution in [-0.4, -0.2) is 41.9 Å². The van der Waals surface area contributed by atoms with Crippen molar-refractivity contribution in [1.29, 1.82) is 0 Å². The van der Waals surface area contributed by atoms with E-state index >= 15 is 0 Å². The van der Waals surface area contributed by atoms with Crippen molar-refractivity contribution >= 4 is 23.4 Å². The topological polar surface area (TPSA) is 85.7 Å². The van der Waals surface area contributed by atoms with Crippen molar-refractivity contribution in [3.05, 3.63) is 66.4 Å². The van der Waals surface area contributed by atoms with E-state index in [4.69, 9.17) is 9.47 Å². The summed E-state index contributed by atoms with van der Waals surface area (Å²) in [6.45, 7) is 2.00. The zero-order valence-electron chi connectivity index (χ0n) is 17.2. The Balaban J connectivity index is 1.72. The van der Waals surface area contributed by atoms with E-state index in [1.54, 1.807) is 25.9 Å². The number of anilines is 2. The van der Waals surface area contributed by atoms with E-state index in [1.165, 1.54) is 10.9 Å². The molecule has 0 atom stereocenters. The van der Waals surface area contributed by atoms with Gasteiger partial charge in [-0.05, 0) is 31.2 Å². The van der Waals surface area contributed by atoms with Crippen molar-refractivity contribution < 1.29 is 19.1 Å². The van der Waals surface area contributed by atoms with E-state index in [0.717, 1.165) is 5.69 Å². The molecule has 30 heavy (non-hydrogen) atoms. The lowest BCUT2D eigenvalue weighted by atomic mass is 10.2. The highest BCUT2D eigenvalue weighted by Gasteiger charge is 2.20. The first kappa shape index (κ1) is 20.9. The number of rotatable bonds is 8. The second-order valence-electron chi connectivity index (χ2n) is 6.54. The second-order valence-corrected chi connectivity index (χ2v) is 6.54. The number of aryl methyl sites for hydroxylation is 1. The first-order valence-corrected chi connectivity index (χ1v) is 9.51. The Kier molecular flexibility index (Phi) is 6.69. The second kappa shape index (κ2) is 9.60. The lowest BCUT2D eigenvalue weighted by Crippen LogP contribution is -2.31. The lowest BCUT2D eigenvalue weighted by Gasteiger charge is -2.22. The van der Waals surface area contributed by atoms with Gasteiger partial charge in [0.1, 0.15) is 17.1 Å². The number of para-hydroxylation sites is 3. The number of hydrogen-bond donors (Lipinski definition) is 1. The average molecular weight is 408 g/mol. The smallest absolute Gasteiger partial charge is 0.343 e. The maximum Gasteiger partial charge on any atom is 0.343 e. The van der Waals surface area contributed by atoms with Gasteiger partial charge in [0.15, 0.2) is 5.75 Å². The minimum Gasteiger partial charge on any atom is -0.462 e. The molecule has 2 aromatic carbocycles. The van der Waals surface area contributed by atoms with Gasteiger partial charge in [0.05, 0.1) is 25.0 Å². The third kappa shape index (κ3) is 4.96. The van der Waals surface area contributed by atoms with Gasteiger partial charge in [0.2, 0.25) is 5.91 Å². The molecule has 1 N–H and O–H groups in total. The Morgan fingerprint density at radius 3 is 2.53 bits per heavy atom. The van der Waals surface area contributed by atoms with Crippen LogP contribution in [0, 0.1) is 0 Å². The van der Waals surface area contributed by atoms with Crippen LogP contribution in [0.1, 0.15) is 17.3 Å². The van der Waals surface area contributed by atoms with Crippen molar-refractivity contribution in [1.82, 2.24) is 9.78 Å². The number of carbonyl (C=O) groups excluding carboxylic acids is 2. The third-order valence-electron chi connectivity index (χ3n) is 4.32. The molecular weight excluding hydrogens is 384 g/mol. The van der Waals surface area contributed by atoms with Crippen LogP contribution < -0.4 is 15.0 Å². The number of benzene rings is 2. The molecule has 0 spiro atoms. The molecule has 1 amide bonds. The molecule has 0 radical (unpaired) electrons. The molecular formula is C22H24N4O4. The fraction of sp³-hybridized carbons (Fsp3) is 0.227. The third-order valence-corrected chi connectivity index (χ3v) is 4.32. The number of esters is 1. The molecule has 0 fully saturated rings. The van der Waals surface area contributed by atoms with Crippen LogP contribution in [0.3, 0.4) is 0 Å². The Bertz CT molecular complexity index is 1020. The van der Waals surface area contributed by atoms with Crippen LogP contribution in [0.2, 0.25) is 0 Å². The molecule has 0 saturated carbocycles. The standard InChI is InChI=1S/C22H24N4O4/c1-4-29-22(28)17-14-23-26(3)21(17)24-20(27)15-25(2)18-12-8-9-13-19(18)30-16-10-6-5-7-11-16/h5-14H,4,15H2,1-3H3,(H,24,27). The highest BCUT2D eigenvalue weighted by Crippen LogP contribution is 2.31. The normalized spacial score (nSPS) is 10.4. The summed E-state index contributed by atoms with van der Waals surface area (Å²) in [4.78, 5) is 26.5. The molecule has 1 heterocycles. The summed E-state index contributed by atoms with van der Waals surface area (Å²) in [5.74, 6) is 0.793. The Hall–Kier alpha value is -3.81. The van der Waals surface area contributed by atoms with E-state index in [9.17, 15) is 9.59 Å². The van der Waals surface area contributed by atoms with Crippen LogP contribution in [0.15, 0.2) is 60.8 Å². The van der Waals surface area contributed by atoms with E-state index in [-0.39, 0.29) is 24.6 Å². The summed E-state index contributed by atoms with van der Waals surface area (Å²) in [7, 11) is 3.44. The van der Waals surface area contributed by atoms with Crippen LogP contribution in [0.4, 0.5) is 11.5 Å². The summed E-state index contributed by atoms with van der Waals surface area (Å²) in [6.07, 6.45) is 1.38. The first-order chi connectivity index (χ1) is 14.5. The fourth-order valence-corrected chi connectivity index (χ4v) is 2.89. The Morgan fingerprint density at radius 1 is 1.10 bits per heavy atom. The van der Waals surface area contributed by atoms with Gasteiger partial charge in [-0.2, -0.15) is 5.10 Å². The first-order valence-electron chi connectivity index (χ1n) is 9.51. The number of nitrogens with zero attached hydrogens (tertiary/aromatic N) is 3. The number of ether oxygens (including phenoxy) is 2. The van der Waals surface area contributed by atoms with Crippen molar-refractivity contribution in [2.45, 2.75) is 6.92 Å². The summed E-state index contributed by atoms with van der Waals surface area (Å²) in [5, 5.41) is 6.78. The molecule has 8 heteroatoms. The maximum absolute atomic E-state index is 12.7. The van der Waals surface area contributed by atoms with Gasteiger partial charge >= 0.3 is 5.97 Å². The fourth-order valence-electron chi connectivity index (χ4n) is 2.89. The summed E-state index contributed by atoms with van der Waals surface area (Å²) < 4.78 is 12.4. The molecule has 3 rings (SSSR count). The van der Waals surface area contributed by atoms with E-state index in [2.05, 4.69) is 10.4 Å². The van der Waals surface area contributed by atoms with Gasteiger partial charge in [-0.1, -0.05) is 30.3 Å². The number of nitrogens with one attached hydrogen (secondary N) is 1. The Morgan fingerprint density at radius 2 is 1.80 bits per heavy atom. The van der Waals surface area contributed by atoms with Crippen LogP contribution in [-0.2, 0) is 16.6 Å². The minimum atomic E-state index is -0.532. The highest BCUT2D eigenvalue weighted by molar-refractivity contribution is 6.01. The predicted molar refractivity (Wildman–Crippen MR) is 114 cm³/mol. The van der Waals surface area contributed by atoms with Gasteiger partial charge in [-0.15, -0.1) is 0 Å². The number of carbonyl (C=O) groups is 2. The zero-order valence-corrected chi connectivity index (χ0v) is 17.2. The van der Waals surface area contributed by atoms with Gasteiger partial charge < -0.3 is 19.7 Å². The van der Waals surface area contributed by atoms with Crippen LogP contribution in [0.25, 0.3) is 0 Å². The monoisotopic (exact) mass is 408 g/mol. The van der Waals surface area contributed by atoms with Gasteiger partial charge in [0, 0.05) is 14.1 Å². The van der Waals surface area contributed by atoms with E-state index in [1.807, 2.05) is 54.6 Å². The lowest BCUT2D eigenvalue weighted by molar-refractivity contribution is -0.115.